The smallest absolute Gasteiger partial charge is 0.131 e. The molecule has 0 heterocycles. The molecule has 3 nitrogen and oxygen atoms in total. The lowest BCUT2D eigenvalue weighted by atomic mass is 10.2. The van der Waals surface area contributed by atoms with E-state index in [2.05, 4.69) is 24.5 Å². The van der Waals surface area contributed by atoms with Gasteiger partial charge < -0.3 is 15.4 Å². The van der Waals surface area contributed by atoms with Crippen LogP contribution in [-0.4, -0.2) is 26.7 Å². The Labute approximate surface area is 115 Å². The average molecular weight is 268 g/mol. The van der Waals surface area contributed by atoms with E-state index in [0.29, 0.717) is 23.8 Å². The first-order valence-electron chi connectivity index (χ1n) is 6.88. The maximum atomic E-state index is 13.6. The van der Waals surface area contributed by atoms with Gasteiger partial charge in [-0.05, 0) is 44.1 Å². The molecule has 0 aliphatic heterocycles. The van der Waals surface area contributed by atoms with E-state index >= 15 is 0 Å². The van der Waals surface area contributed by atoms with Crippen LogP contribution in [0.5, 0.6) is 5.75 Å². The predicted octanol–water partition coefficient (Wildman–Crippen LogP) is 2.56. The molecule has 0 spiro atoms. The molecule has 1 rings (SSSR count). The van der Waals surface area contributed by atoms with E-state index in [-0.39, 0.29) is 5.82 Å². The molecule has 0 unspecified atom stereocenters. The Morgan fingerprint density at radius 1 is 1.21 bits per heavy atom. The summed E-state index contributed by atoms with van der Waals surface area (Å²) in [6.45, 7) is 7.77. The number of benzene rings is 1. The maximum Gasteiger partial charge on any atom is 0.131 e. The van der Waals surface area contributed by atoms with Gasteiger partial charge >= 0.3 is 0 Å². The molecule has 0 aliphatic carbocycles. The Morgan fingerprint density at radius 3 is 2.63 bits per heavy atom. The highest BCUT2D eigenvalue weighted by Crippen LogP contribution is 2.20. The van der Waals surface area contributed by atoms with E-state index in [1.807, 2.05) is 0 Å². The first-order chi connectivity index (χ1) is 9.15. The van der Waals surface area contributed by atoms with E-state index in [1.54, 1.807) is 19.2 Å². The highest BCUT2D eigenvalue weighted by atomic mass is 19.1. The van der Waals surface area contributed by atoms with Gasteiger partial charge in [-0.15, -0.1) is 0 Å². The normalized spacial score (nSPS) is 11.0. The third kappa shape index (κ3) is 6.03. The van der Waals surface area contributed by atoms with Crippen LogP contribution in [0, 0.1) is 11.7 Å². The second kappa shape index (κ2) is 8.88. The average Bonchev–Trinajstić information content (AvgIpc) is 2.38. The van der Waals surface area contributed by atoms with E-state index < -0.39 is 0 Å². The van der Waals surface area contributed by atoms with Crippen molar-refractivity contribution in [2.24, 2.45) is 5.92 Å². The van der Waals surface area contributed by atoms with Gasteiger partial charge in [0.2, 0.25) is 0 Å². The van der Waals surface area contributed by atoms with Crippen molar-refractivity contribution in [3.05, 3.63) is 29.6 Å². The van der Waals surface area contributed by atoms with E-state index in [0.717, 1.165) is 26.1 Å². The zero-order chi connectivity index (χ0) is 14.1. The summed E-state index contributed by atoms with van der Waals surface area (Å²) < 4.78 is 18.8. The molecule has 1 aromatic carbocycles. The molecule has 0 aliphatic rings. The summed E-state index contributed by atoms with van der Waals surface area (Å²) in [5, 5.41) is 6.62. The summed E-state index contributed by atoms with van der Waals surface area (Å²) in [5.41, 5.74) is 0.597. The molecule has 0 radical (unpaired) electrons. The molecule has 0 atom stereocenters. The number of ether oxygens (including phenoxy) is 1. The fourth-order valence-corrected chi connectivity index (χ4v) is 1.84. The highest BCUT2D eigenvalue weighted by Gasteiger charge is 2.07. The van der Waals surface area contributed by atoms with Crippen molar-refractivity contribution < 1.29 is 9.13 Å². The molecule has 4 heteroatoms. The molecular weight excluding hydrogens is 243 g/mol. The summed E-state index contributed by atoms with van der Waals surface area (Å²) in [7, 11) is 1.56. The molecule has 0 saturated carbocycles. The Kier molecular flexibility index (Phi) is 7.45. The molecule has 0 bridgehead atoms. The molecule has 108 valence electrons. The largest absolute Gasteiger partial charge is 0.496 e. The van der Waals surface area contributed by atoms with Gasteiger partial charge in [0.25, 0.3) is 0 Å². The van der Waals surface area contributed by atoms with Crippen LogP contribution >= 0.6 is 0 Å². The zero-order valence-electron chi connectivity index (χ0n) is 12.1. The highest BCUT2D eigenvalue weighted by molar-refractivity contribution is 5.34. The minimum atomic E-state index is -0.218. The lowest BCUT2D eigenvalue weighted by Gasteiger charge is -2.11. The third-order valence-electron chi connectivity index (χ3n) is 2.86. The predicted molar refractivity (Wildman–Crippen MR) is 77.0 cm³/mol. The van der Waals surface area contributed by atoms with Crippen molar-refractivity contribution in [2.45, 2.75) is 26.8 Å². The zero-order valence-corrected chi connectivity index (χ0v) is 12.1. The number of halogens is 1. The van der Waals surface area contributed by atoms with Crippen LogP contribution in [0.15, 0.2) is 18.2 Å². The fourth-order valence-electron chi connectivity index (χ4n) is 1.84. The van der Waals surface area contributed by atoms with Gasteiger partial charge in [-0.1, -0.05) is 19.9 Å². The lowest BCUT2D eigenvalue weighted by Crippen LogP contribution is -2.24. The molecule has 0 amide bonds. The van der Waals surface area contributed by atoms with Gasteiger partial charge in [-0.25, -0.2) is 4.39 Å². The standard InChI is InChI=1S/C15H25FN2O/c1-12(2)10-17-8-5-9-18-11-13-14(16)6-4-7-15(13)19-3/h4,6-7,12,17-18H,5,8-11H2,1-3H3. The van der Waals surface area contributed by atoms with Crippen molar-refractivity contribution in [3.8, 4) is 5.75 Å². The van der Waals surface area contributed by atoms with Crippen molar-refractivity contribution in [1.82, 2.24) is 10.6 Å². The monoisotopic (exact) mass is 268 g/mol. The minimum Gasteiger partial charge on any atom is -0.496 e. The van der Waals surface area contributed by atoms with E-state index in [4.69, 9.17) is 4.74 Å². The van der Waals surface area contributed by atoms with Crippen molar-refractivity contribution in [2.75, 3.05) is 26.7 Å². The van der Waals surface area contributed by atoms with Gasteiger partial charge in [-0.2, -0.15) is 0 Å². The summed E-state index contributed by atoms with van der Waals surface area (Å²) in [4.78, 5) is 0. The van der Waals surface area contributed by atoms with Crippen molar-refractivity contribution in [3.63, 3.8) is 0 Å². The first kappa shape index (κ1) is 15.9. The second-order valence-electron chi connectivity index (χ2n) is 5.05. The number of rotatable bonds is 9. The van der Waals surface area contributed by atoms with Crippen molar-refractivity contribution in [1.29, 1.82) is 0 Å². The molecule has 0 fully saturated rings. The third-order valence-corrected chi connectivity index (χ3v) is 2.86. The van der Waals surface area contributed by atoms with Crippen LogP contribution in [0.3, 0.4) is 0 Å². The Balaban J connectivity index is 2.22. The topological polar surface area (TPSA) is 33.3 Å². The van der Waals surface area contributed by atoms with Crippen LogP contribution in [0.25, 0.3) is 0 Å². The Hall–Kier alpha value is -1.13. The minimum absolute atomic E-state index is 0.218. The van der Waals surface area contributed by atoms with Gasteiger partial charge in [0.1, 0.15) is 11.6 Å². The van der Waals surface area contributed by atoms with Crippen molar-refractivity contribution >= 4 is 0 Å². The molecule has 0 aromatic heterocycles. The lowest BCUT2D eigenvalue weighted by molar-refractivity contribution is 0.401. The van der Waals surface area contributed by atoms with Gasteiger partial charge in [0.05, 0.1) is 7.11 Å². The summed E-state index contributed by atoms with van der Waals surface area (Å²) >= 11 is 0. The fraction of sp³-hybridized carbons (Fsp3) is 0.600. The molecule has 2 N–H and O–H groups in total. The van der Waals surface area contributed by atoms with E-state index in [9.17, 15) is 4.39 Å². The van der Waals surface area contributed by atoms with Gasteiger partial charge in [0, 0.05) is 12.1 Å². The van der Waals surface area contributed by atoms with Crippen LogP contribution in [-0.2, 0) is 6.54 Å². The Morgan fingerprint density at radius 2 is 1.95 bits per heavy atom. The molecular formula is C15H25FN2O. The summed E-state index contributed by atoms with van der Waals surface area (Å²) in [6.07, 6.45) is 1.03. The molecule has 0 saturated heterocycles. The van der Waals surface area contributed by atoms with Gasteiger partial charge in [-0.3, -0.25) is 0 Å². The summed E-state index contributed by atoms with van der Waals surface area (Å²) in [5.74, 6) is 1.06. The molecule has 1 aromatic rings. The number of methoxy groups -OCH3 is 1. The van der Waals surface area contributed by atoms with Crippen LogP contribution in [0.1, 0.15) is 25.8 Å². The first-order valence-corrected chi connectivity index (χ1v) is 6.88. The van der Waals surface area contributed by atoms with Gasteiger partial charge in [0.15, 0.2) is 0 Å². The SMILES string of the molecule is COc1cccc(F)c1CNCCCNCC(C)C. The van der Waals surface area contributed by atoms with Crippen LogP contribution in [0.4, 0.5) is 4.39 Å². The second-order valence-corrected chi connectivity index (χ2v) is 5.05. The number of nitrogens with one attached hydrogen (secondary N) is 2. The number of hydrogen-bond acceptors (Lipinski definition) is 3. The van der Waals surface area contributed by atoms with E-state index in [1.165, 1.54) is 6.07 Å². The van der Waals surface area contributed by atoms with Crippen LogP contribution in [0.2, 0.25) is 0 Å². The number of hydrogen-bond donors (Lipinski definition) is 2. The Bertz CT molecular complexity index is 369. The molecule has 19 heavy (non-hydrogen) atoms. The maximum absolute atomic E-state index is 13.6. The van der Waals surface area contributed by atoms with Crippen LogP contribution < -0.4 is 15.4 Å². The quantitative estimate of drug-likeness (QED) is 0.675. The summed E-state index contributed by atoms with van der Waals surface area (Å²) in [6, 6.07) is 4.90.